The van der Waals surface area contributed by atoms with Crippen LogP contribution in [0.2, 0.25) is 0 Å². The van der Waals surface area contributed by atoms with Crippen molar-refractivity contribution < 1.29 is 14.7 Å². The number of benzene rings is 1. The Kier molecular flexibility index (Phi) is 5.36. The van der Waals surface area contributed by atoms with Crippen LogP contribution in [0.5, 0.6) is 0 Å². The minimum absolute atomic E-state index is 0.184. The Morgan fingerprint density at radius 1 is 1.21 bits per heavy atom. The maximum absolute atomic E-state index is 12.0. The fraction of sp³-hybridized carbons (Fsp3) is 0.429. The molecule has 2 amide bonds. The molecule has 0 fully saturated rings. The SMILES string of the molecule is CCC(CC)N(C)C(=O)Nc1ccc(C(=O)O)cc1. The molecule has 0 aliphatic heterocycles. The minimum atomic E-state index is -0.980. The first-order valence-corrected chi connectivity index (χ1v) is 6.36. The Bertz CT molecular complexity index is 439. The highest BCUT2D eigenvalue weighted by Crippen LogP contribution is 2.12. The van der Waals surface area contributed by atoms with E-state index in [4.69, 9.17) is 5.11 Å². The number of carbonyl (C=O) groups excluding carboxylic acids is 1. The van der Waals surface area contributed by atoms with Gasteiger partial charge in [-0.05, 0) is 37.1 Å². The molecule has 2 N–H and O–H groups in total. The molecule has 5 nitrogen and oxygen atoms in total. The number of hydrogen-bond donors (Lipinski definition) is 2. The summed E-state index contributed by atoms with van der Waals surface area (Å²) in [5, 5.41) is 11.5. The standard InChI is InChI=1S/C14H20N2O3/c1-4-12(5-2)16(3)14(19)15-11-8-6-10(7-9-11)13(17)18/h6-9,12H,4-5H2,1-3H3,(H,15,19)(H,17,18). The molecule has 0 aliphatic rings. The summed E-state index contributed by atoms with van der Waals surface area (Å²) >= 11 is 0. The van der Waals surface area contributed by atoms with Gasteiger partial charge in [0.1, 0.15) is 0 Å². The van der Waals surface area contributed by atoms with Crippen LogP contribution in [0.3, 0.4) is 0 Å². The molecule has 0 radical (unpaired) electrons. The molecule has 0 unspecified atom stereocenters. The van der Waals surface area contributed by atoms with Crippen LogP contribution < -0.4 is 5.32 Å². The van der Waals surface area contributed by atoms with Crippen LogP contribution in [0, 0.1) is 0 Å². The Hall–Kier alpha value is -2.04. The minimum Gasteiger partial charge on any atom is -0.478 e. The molecule has 0 bridgehead atoms. The summed E-state index contributed by atoms with van der Waals surface area (Å²) in [6.45, 7) is 4.08. The third-order valence-electron chi connectivity index (χ3n) is 3.19. The number of carbonyl (C=O) groups is 2. The number of aromatic carboxylic acids is 1. The van der Waals surface area contributed by atoms with Crippen molar-refractivity contribution in [2.75, 3.05) is 12.4 Å². The van der Waals surface area contributed by atoms with Gasteiger partial charge in [0.2, 0.25) is 0 Å². The predicted octanol–water partition coefficient (Wildman–Crippen LogP) is 3.04. The molecule has 19 heavy (non-hydrogen) atoms. The first-order chi connectivity index (χ1) is 8.99. The van der Waals surface area contributed by atoms with Gasteiger partial charge in [-0.25, -0.2) is 9.59 Å². The number of hydrogen-bond acceptors (Lipinski definition) is 2. The van der Waals surface area contributed by atoms with E-state index < -0.39 is 5.97 Å². The summed E-state index contributed by atoms with van der Waals surface area (Å²) in [4.78, 5) is 24.4. The van der Waals surface area contributed by atoms with Gasteiger partial charge in [-0.2, -0.15) is 0 Å². The molecule has 1 aromatic rings. The Morgan fingerprint density at radius 3 is 2.16 bits per heavy atom. The summed E-state index contributed by atoms with van der Waals surface area (Å²) in [6.07, 6.45) is 1.80. The Balaban J connectivity index is 2.68. The molecule has 104 valence electrons. The number of rotatable bonds is 5. The van der Waals surface area contributed by atoms with Crippen LogP contribution in [-0.4, -0.2) is 35.1 Å². The van der Waals surface area contributed by atoms with Crippen molar-refractivity contribution in [2.45, 2.75) is 32.7 Å². The molecule has 1 rings (SSSR count). The van der Waals surface area contributed by atoms with Crippen molar-refractivity contribution in [3.63, 3.8) is 0 Å². The number of nitrogens with one attached hydrogen (secondary N) is 1. The van der Waals surface area contributed by atoms with Crippen LogP contribution >= 0.6 is 0 Å². The van der Waals surface area contributed by atoms with E-state index in [0.29, 0.717) is 5.69 Å². The largest absolute Gasteiger partial charge is 0.478 e. The van der Waals surface area contributed by atoms with E-state index in [1.54, 1.807) is 24.1 Å². The third kappa shape index (κ3) is 3.98. The second-order valence-corrected chi connectivity index (χ2v) is 4.39. The second kappa shape index (κ2) is 6.78. The summed E-state index contributed by atoms with van der Waals surface area (Å²) < 4.78 is 0. The first-order valence-electron chi connectivity index (χ1n) is 6.36. The lowest BCUT2D eigenvalue weighted by Gasteiger charge is -2.26. The van der Waals surface area contributed by atoms with Gasteiger partial charge < -0.3 is 15.3 Å². The van der Waals surface area contributed by atoms with Gasteiger partial charge in [-0.1, -0.05) is 13.8 Å². The average Bonchev–Trinajstić information content (AvgIpc) is 2.40. The van der Waals surface area contributed by atoms with E-state index >= 15 is 0 Å². The smallest absolute Gasteiger partial charge is 0.335 e. The van der Waals surface area contributed by atoms with Crippen molar-refractivity contribution in [3.8, 4) is 0 Å². The van der Waals surface area contributed by atoms with Gasteiger partial charge in [0.05, 0.1) is 5.56 Å². The summed E-state index contributed by atoms with van der Waals surface area (Å²) in [5.74, 6) is -0.980. The second-order valence-electron chi connectivity index (χ2n) is 4.39. The molecule has 0 aliphatic carbocycles. The van der Waals surface area contributed by atoms with Gasteiger partial charge in [0, 0.05) is 18.8 Å². The van der Waals surface area contributed by atoms with Crippen LogP contribution in [-0.2, 0) is 0 Å². The molecular formula is C14H20N2O3. The van der Waals surface area contributed by atoms with Gasteiger partial charge in [0.25, 0.3) is 0 Å². The van der Waals surface area contributed by atoms with E-state index in [1.807, 2.05) is 13.8 Å². The monoisotopic (exact) mass is 264 g/mol. The lowest BCUT2D eigenvalue weighted by atomic mass is 10.1. The number of amides is 2. The van der Waals surface area contributed by atoms with Gasteiger partial charge in [-0.15, -0.1) is 0 Å². The van der Waals surface area contributed by atoms with Crippen molar-refractivity contribution >= 4 is 17.7 Å². The average molecular weight is 264 g/mol. The van der Waals surface area contributed by atoms with Crippen molar-refractivity contribution in [3.05, 3.63) is 29.8 Å². The molecule has 0 spiro atoms. The van der Waals surface area contributed by atoms with Crippen molar-refractivity contribution in [1.29, 1.82) is 0 Å². The zero-order valence-electron chi connectivity index (χ0n) is 11.5. The van der Waals surface area contributed by atoms with Crippen LogP contribution in [0.15, 0.2) is 24.3 Å². The maximum Gasteiger partial charge on any atom is 0.335 e. The predicted molar refractivity (Wildman–Crippen MR) is 74.6 cm³/mol. The lowest BCUT2D eigenvalue weighted by molar-refractivity contribution is 0.0697. The van der Waals surface area contributed by atoms with E-state index in [1.165, 1.54) is 12.1 Å². The summed E-state index contributed by atoms with van der Waals surface area (Å²) in [7, 11) is 1.76. The molecule has 0 atom stereocenters. The highest BCUT2D eigenvalue weighted by Gasteiger charge is 2.16. The number of anilines is 1. The van der Waals surface area contributed by atoms with Crippen LogP contribution in [0.1, 0.15) is 37.0 Å². The number of nitrogens with zero attached hydrogens (tertiary/aromatic N) is 1. The lowest BCUT2D eigenvalue weighted by Crippen LogP contribution is -2.39. The zero-order valence-corrected chi connectivity index (χ0v) is 11.5. The highest BCUT2D eigenvalue weighted by molar-refractivity contribution is 5.91. The molecule has 0 saturated carbocycles. The zero-order chi connectivity index (χ0) is 14.4. The van der Waals surface area contributed by atoms with Gasteiger partial charge in [0.15, 0.2) is 0 Å². The van der Waals surface area contributed by atoms with Crippen molar-refractivity contribution in [2.24, 2.45) is 0 Å². The Morgan fingerprint density at radius 2 is 1.74 bits per heavy atom. The van der Waals surface area contributed by atoms with Crippen molar-refractivity contribution in [1.82, 2.24) is 4.90 Å². The van der Waals surface area contributed by atoms with E-state index in [2.05, 4.69) is 5.32 Å². The molecule has 0 aromatic heterocycles. The molecule has 5 heteroatoms. The van der Waals surface area contributed by atoms with Crippen LogP contribution in [0.4, 0.5) is 10.5 Å². The third-order valence-corrected chi connectivity index (χ3v) is 3.19. The van der Waals surface area contributed by atoms with E-state index in [0.717, 1.165) is 12.8 Å². The number of urea groups is 1. The molecule has 0 saturated heterocycles. The Labute approximate surface area is 113 Å². The highest BCUT2D eigenvalue weighted by atomic mass is 16.4. The van der Waals surface area contributed by atoms with Crippen LogP contribution in [0.25, 0.3) is 0 Å². The normalized spacial score (nSPS) is 10.3. The number of carboxylic acids is 1. The fourth-order valence-electron chi connectivity index (χ4n) is 1.91. The maximum atomic E-state index is 12.0. The van der Waals surface area contributed by atoms with E-state index in [9.17, 15) is 9.59 Å². The number of carboxylic acid groups (broad SMARTS) is 1. The van der Waals surface area contributed by atoms with Gasteiger partial charge in [-0.3, -0.25) is 0 Å². The molecule has 1 aromatic carbocycles. The van der Waals surface area contributed by atoms with Gasteiger partial charge >= 0.3 is 12.0 Å². The topological polar surface area (TPSA) is 69.6 Å². The van der Waals surface area contributed by atoms with E-state index in [-0.39, 0.29) is 17.6 Å². The first kappa shape index (κ1) is 15.0. The summed E-state index contributed by atoms with van der Waals surface area (Å²) in [5.41, 5.74) is 0.791. The fourth-order valence-corrected chi connectivity index (χ4v) is 1.91. The molecule has 0 heterocycles. The quantitative estimate of drug-likeness (QED) is 0.858. The molecular weight excluding hydrogens is 244 g/mol. The summed E-state index contributed by atoms with van der Waals surface area (Å²) in [6, 6.07) is 6.13.